The Labute approximate surface area is 114 Å². The second-order valence-electron chi connectivity index (χ2n) is 4.72. The number of nitrogens with zero attached hydrogens (tertiary/aromatic N) is 1. The first kappa shape index (κ1) is 12.3. The van der Waals surface area contributed by atoms with E-state index in [1.165, 1.54) is 4.57 Å². The summed E-state index contributed by atoms with van der Waals surface area (Å²) in [6.07, 6.45) is 2.38. The number of oxazole rings is 1. The van der Waals surface area contributed by atoms with E-state index in [1.807, 2.05) is 0 Å². The Hall–Kier alpha value is -1.75. The van der Waals surface area contributed by atoms with Crippen LogP contribution in [0.3, 0.4) is 0 Å². The summed E-state index contributed by atoms with van der Waals surface area (Å²) < 4.78 is 6.55. The van der Waals surface area contributed by atoms with Crippen molar-refractivity contribution in [3.8, 4) is 0 Å². The summed E-state index contributed by atoms with van der Waals surface area (Å²) in [4.78, 5) is 23.3. The van der Waals surface area contributed by atoms with Crippen LogP contribution in [0.2, 0.25) is 5.02 Å². The lowest BCUT2D eigenvalue weighted by Crippen LogP contribution is -2.27. The van der Waals surface area contributed by atoms with E-state index in [9.17, 15) is 9.59 Å². The molecule has 0 spiro atoms. The lowest BCUT2D eigenvalue weighted by atomic mass is 10.3. The van der Waals surface area contributed by atoms with Gasteiger partial charge in [-0.05, 0) is 25.0 Å². The summed E-state index contributed by atoms with van der Waals surface area (Å²) in [6, 6.07) is 5.35. The Morgan fingerprint density at radius 3 is 3.00 bits per heavy atom. The second kappa shape index (κ2) is 4.74. The highest BCUT2D eigenvalue weighted by Crippen LogP contribution is 2.20. The standard InChI is InChI=1S/C13H13ClN2O3/c14-8-1-4-10-11(7-8)19-13(18)16(10)6-5-12(17)15-9-2-3-9/h1,4,7,9H,2-3,5-6H2,(H,15,17). The highest BCUT2D eigenvalue weighted by Gasteiger charge is 2.23. The van der Waals surface area contributed by atoms with Gasteiger partial charge >= 0.3 is 5.76 Å². The molecule has 1 saturated carbocycles. The van der Waals surface area contributed by atoms with Crippen LogP contribution in [0.1, 0.15) is 19.3 Å². The van der Waals surface area contributed by atoms with Gasteiger partial charge in [-0.15, -0.1) is 0 Å². The number of fused-ring (bicyclic) bond motifs is 1. The number of carbonyl (C=O) groups is 1. The van der Waals surface area contributed by atoms with E-state index >= 15 is 0 Å². The van der Waals surface area contributed by atoms with Gasteiger partial charge in [-0.1, -0.05) is 11.6 Å². The Kier molecular flexibility index (Phi) is 3.06. The maximum Gasteiger partial charge on any atom is 0.419 e. The SMILES string of the molecule is O=C(CCn1c(=O)oc2cc(Cl)ccc21)NC1CC1. The molecule has 2 aromatic rings. The number of carbonyl (C=O) groups excluding carboxylic acids is 1. The van der Waals surface area contributed by atoms with Gasteiger partial charge in [0.1, 0.15) is 0 Å². The minimum atomic E-state index is -0.462. The smallest absolute Gasteiger partial charge is 0.408 e. The van der Waals surface area contributed by atoms with Crippen LogP contribution in [-0.4, -0.2) is 16.5 Å². The van der Waals surface area contributed by atoms with Crippen molar-refractivity contribution >= 4 is 28.6 Å². The molecule has 3 rings (SSSR count). The fraction of sp³-hybridized carbons (Fsp3) is 0.385. The number of aromatic nitrogens is 1. The van der Waals surface area contributed by atoms with Crippen molar-refractivity contribution in [3.05, 3.63) is 33.8 Å². The van der Waals surface area contributed by atoms with E-state index in [0.717, 1.165) is 12.8 Å². The van der Waals surface area contributed by atoms with Crippen LogP contribution in [0.4, 0.5) is 0 Å². The lowest BCUT2D eigenvalue weighted by Gasteiger charge is -2.03. The molecular formula is C13H13ClN2O3. The molecule has 1 fully saturated rings. The van der Waals surface area contributed by atoms with Gasteiger partial charge in [0.25, 0.3) is 0 Å². The number of rotatable bonds is 4. The van der Waals surface area contributed by atoms with E-state index < -0.39 is 5.76 Å². The molecule has 0 unspecified atom stereocenters. The highest BCUT2D eigenvalue weighted by atomic mass is 35.5. The molecule has 5 nitrogen and oxygen atoms in total. The van der Waals surface area contributed by atoms with Crippen LogP contribution in [0.15, 0.2) is 27.4 Å². The average molecular weight is 281 g/mol. The number of benzene rings is 1. The van der Waals surface area contributed by atoms with Crippen LogP contribution in [0, 0.1) is 0 Å². The minimum absolute atomic E-state index is 0.0299. The third-order valence-corrected chi connectivity index (χ3v) is 3.37. The molecule has 6 heteroatoms. The first-order chi connectivity index (χ1) is 9.13. The van der Waals surface area contributed by atoms with E-state index in [2.05, 4.69) is 5.32 Å². The lowest BCUT2D eigenvalue weighted by molar-refractivity contribution is -0.121. The fourth-order valence-corrected chi connectivity index (χ4v) is 2.15. The Morgan fingerprint density at radius 1 is 1.47 bits per heavy atom. The summed E-state index contributed by atoms with van der Waals surface area (Å²) in [5, 5.41) is 3.40. The van der Waals surface area contributed by atoms with Gasteiger partial charge in [0.05, 0.1) is 5.52 Å². The zero-order valence-corrected chi connectivity index (χ0v) is 10.9. The van der Waals surface area contributed by atoms with Gasteiger partial charge in [-0.2, -0.15) is 0 Å². The average Bonchev–Trinajstić information content (AvgIpc) is 3.10. The van der Waals surface area contributed by atoms with E-state index in [1.54, 1.807) is 18.2 Å². The van der Waals surface area contributed by atoms with Crippen LogP contribution in [-0.2, 0) is 11.3 Å². The number of nitrogens with one attached hydrogen (secondary N) is 1. The molecule has 1 heterocycles. The summed E-state index contributed by atoms with van der Waals surface area (Å²) in [6.45, 7) is 0.312. The molecule has 0 radical (unpaired) electrons. The number of hydrogen-bond acceptors (Lipinski definition) is 3. The van der Waals surface area contributed by atoms with Gasteiger partial charge in [0.2, 0.25) is 5.91 Å². The number of amides is 1. The van der Waals surface area contributed by atoms with Gasteiger partial charge in [0, 0.05) is 30.1 Å². The molecule has 1 aliphatic rings. The van der Waals surface area contributed by atoms with E-state index in [-0.39, 0.29) is 12.3 Å². The zero-order chi connectivity index (χ0) is 13.4. The molecule has 0 saturated heterocycles. The van der Waals surface area contributed by atoms with Crippen molar-refractivity contribution in [1.82, 2.24) is 9.88 Å². The van der Waals surface area contributed by atoms with Gasteiger partial charge in [-0.3, -0.25) is 9.36 Å². The predicted molar refractivity (Wildman–Crippen MR) is 71.3 cm³/mol. The Morgan fingerprint density at radius 2 is 2.26 bits per heavy atom. The topological polar surface area (TPSA) is 64.2 Å². The highest BCUT2D eigenvalue weighted by molar-refractivity contribution is 6.31. The first-order valence-electron chi connectivity index (χ1n) is 6.22. The van der Waals surface area contributed by atoms with Crippen molar-refractivity contribution in [2.75, 3.05) is 0 Å². The molecule has 0 bridgehead atoms. The van der Waals surface area contributed by atoms with Crippen molar-refractivity contribution in [2.24, 2.45) is 0 Å². The van der Waals surface area contributed by atoms with Crippen molar-refractivity contribution < 1.29 is 9.21 Å². The Balaban J connectivity index is 1.78. The molecule has 0 atom stereocenters. The van der Waals surface area contributed by atoms with Crippen LogP contribution in [0.25, 0.3) is 11.1 Å². The molecule has 1 aromatic carbocycles. The van der Waals surface area contributed by atoms with Crippen molar-refractivity contribution in [1.29, 1.82) is 0 Å². The maximum absolute atomic E-state index is 11.7. The molecule has 100 valence electrons. The third kappa shape index (κ3) is 2.66. The Bertz CT molecular complexity index is 685. The van der Waals surface area contributed by atoms with E-state index in [0.29, 0.717) is 28.7 Å². The van der Waals surface area contributed by atoms with Crippen LogP contribution in [0.5, 0.6) is 0 Å². The molecule has 1 aromatic heterocycles. The van der Waals surface area contributed by atoms with E-state index in [4.69, 9.17) is 16.0 Å². The normalized spacial score (nSPS) is 14.8. The summed E-state index contributed by atoms with van der Waals surface area (Å²) >= 11 is 5.84. The second-order valence-corrected chi connectivity index (χ2v) is 5.16. The summed E-state index contributed by atoms with van der Waals surface area (Å²) in [5.74, 6) is -0.491. The number of hydrogen-bond donors (Lipinski definition) is 1. The first-order valence-corrected chi connectivity index (χ1v) is 6.59. The largest absolute Gasteiger partial charge is 0.419 e. The predicted octanol–water partition coefficient (Wildman–Crippen LogP) is 1.92. The quantitative estimate of drug-likeness (QED) is 0.930. The maximum atomic E-state index is 11.7. The molecule has 1 N–H and O–H groups in total. The van der Waals surface area contributed by atoms with Crippen LogP contribution >= 0.6 is 11.6 Å². The third-order valence-electron chi connectivity index (χ3n) is 3.14. The van der Waals surface area contributed by atoms with Crippen molar-refractivity contribution in [3.63, 3.8) is 0 Å². The summed E-state index contributed by atoms with van der Waals surface area (Å²) in [7, 11) is 0. The molecule has 1 amide bonds. The van der Waals surface area contributed by atoms with Gasteiger partial charge in [-0.25, -0.2) is 4.79 Å². The minimum Gasteiger partial charge on any atom is -0.408 e. The molecule has 0 aliphatic heterocycles. The fourth-order valence-electron chi connectivity index (χ4n) is 1.99. The van der Waals surface area contributed by atoms with Gasteiger partial charge < -0.3 is 9.73 Å². The van der Waals surface area contributed by atoms with Gasteiger partial charge in [0.15, 0.2) is 5.58 Å². The van der Waals surface area contributed by atoms with Crippen molar-refractivity contribution in [2.45, 2.75) is 31.8 Å². The number of halogens is 1. The molecule has 19 heavy (non-hydrogen) atoms. The zero-order valence-electron chi connectivity index (χ0n) is 10.2. The number of aryl methyl sites for hydroxylation is 1. The molecular weight excluding hydrogens is 268 g/mol. The molecule has 1 aliphatic carbocycles. The van der Waals surface area contributed by atoms with Crippen LogP contribution < -0.4 is 11.1 Å². The summed E-state index contributed by atoms with van der Waals surface area (Å²) in [5.41, 5.74) is 1.11. The monoisotopic (exact) mass is 280 g/mol.